The Hall–Kier alpha value is -1.23. The number of aliphatic hydroxyl groups is 1. The lowest BCUT2D eigenvalue weighted by Crippen LogP contribution is -2.40. The van der Waals surface area contributed by atoms with Gasteiger partial charge in [-0.3, -0.25) is 4.99 Å². The summed E-state index contributed by atoms with van der Waals surface area (Å²) in [6.45, 7) is 4.57. The van der Waals surface area contributed by atoms with E-state index < -0.39 is 17.8 Å². The highest BCUT2D eigenvalue weighted by molar-refractivity contribution is 14.0. The molecule has 5 nitrogen and oxygen atoms in total. The molecule has 2 rings (SSSR count). The molecule has 1 aromatic carbocycles. The summed E-state index contributed by atoms with van der Waals surface area (Å²) in [5.74, 6) is 0.822. The lowest BCUT2D eigenvalue weighted by Gasteiger charge is -2.21. The number of nitrogens with zero attached hydrogens (tertiary/aromatic N) is 2. The van der Waals surface area contributed by atoms with Crippen molar-refractivity contribution in [1.82, 2.24) is 10.2 Å². The van der Waals surface area contributed by atoms with Gasteiger partial charge < -0.3 is 20.1 Å². The van der Waals surface area contributed by atoms with Gasteiger partial charge in [-0.2, -0.15) is 13.2 Å². The highest BCUT2D eigenvalue weighted by atomic mass is 127. The zero-order valence-corrected chi connectivity index (χ0v) is 17.0. The summed E-state index contributed by atoms with van der Waals surface area (Å²) in [5, 5.41) is 13.2. The molecule has 1 aliphatic rings. The maximum atomic E-state index is 12.7. The normalized spacial score (nSPS) is 16.2. The van der Waals surface area contributed by atoms with Crippen LogP contribution >= 0.6 is 24.0 Å². The SMILES string of the molecule is CCNC(=NCC(O)COc1cccc(C(F)(F)F)c1)N1CCCC1.I. The molecule has 0 aliphatic carbocycles. The van der Waals surface area contributed by atoms with Crippen LogP contribution < -0.4 is 10.1 Å². The first-order chi connectivity index (χ1) is 11.9. The van der Waals surface area contributed by atoms with Crippen molar-refractivity contribution in [2.45, 2.75) is 32.0 Å². The number of hydrogen-bond donors (Lipinski definition) is 2. The maximum absolute atomic E-state index is 12.7. The lowest BCUT2D eigenvalue weighted by atomic mass is 10.2. The molecule has 1 aromatic rings. The molecule has 0 aromatic heterocycles. The Morgan fingerprint density at radius 2 is 2.04 bits per heavy atom. The van der Waals surface area contributed by atoms with Crippen molar-refractivity contribution in [3.05, 3.63) is 29.8 Å². The summed E-state index contributed by atoms with van der Waals surface area (Å²) in [6.07, 6.45) is -3.08. The fraction of sp³-hybridized carbons (Fsp3) is 0.588. The van der Waals surface area contributed by atoms with Crippen molar-refractivity contribution in [2.24, 2.45) is 4.99 Å². The third-order valence-electron chi connectivity index (χ3n) is 3.80. The predicted molar refractivity (Wildman–Crippen MR) is 105 cm³/mol. The molecule has 1 saturated heterocycles. The number of ether oxygens (including phenoxy) is 1. The number of hydrogen-bond acceptors (Lipinski definition) is 3. The fourth-order valence-corrected chi connectivity index (χ4v) is 2.55. The van der Waals surface area contributed by atoms with Crippen LogP contribution in [-0.4, -0.2) is 54.9 Å². The van der Waals surface area contributed by atoms with E-state index in [0.29, 0.717) is 0 Å². The van der Waals surface area contributed by atoms with Crippen molar-refractivity contribution >= 4 is 29.9 Å². The van der Waals surface area contributed by atoms with Gasteiger partial charge in [-0.05, 0) is 38.0 Å². The quantitative estimate of drug-likeness (QED) is 0.368. The van der Waals surface area contributed by atoms with Crippen molar-refractivity contribution in [2.75, 3.05) is 32.8 Å². The molecule has 0 amide bonds. The van der Waals surface area contributed by atoms with Crippen LogP contribution in [0.25, 0.3) is 0 Å². The molecular weight excluding hydrogens is 462 g/mol. The number of aliphatic imine (C=N–C) groups is 1. The van der Waals surface area contributed by atoms with Gasteiger partial charge in [0.25, 0.3) is 0 Å². The van der Waals surface area contributed by atoms with E-state index in [1.165, 1.54) is 12.1 Å². The predicted octanol–water partition coefficient (Wildman–Crippen LogP) is 3.12. The average molecular weight is 487 g/mol. The van der Waals surface area contributed by atoms with Crippen molar-refractivity contribution in [3.8, 4) is 5.75 Å². The van der Waals surface area contributed by atoms with Crippen molar-refractivity contribution in [3.63, 3.8) is 0 Å². The lowest BCUT2D eigenvalue weighted by molar-refractivity contribution is -0.137. The number of aliphatic hydroxyl groups excluding tert-OH is 1. The molecule has 1 unspecified atom stereocenters. The molecule has 0 radical (unpaired) electrons. The molecule has 2 N–H and O–H groups in total. The van der Waals surface area contributed by atoms with Crippen LogP contribution in [-0.2, 0) is 6.18 Å². The first-order valence-corrected chi connectivity index (χ1v) is 8.41. The number of likely N-dealkylation sites (tertiary alicyclic amines) is 1. The second kappa shape index (κ2) is 10.8. The number of alkyl halides is 3. The van der Waals surface area contributed by atoms with Gasteiger partial charge in [-0.15, -0.1) is 24.0 Å². The van der Waals surface area contributed by atoms with Crippen LogP contribution in [0.4, 0.5) is 13.2 Å². The Kier molecular flexibility index (Phi) is 9.48. The van der Waals surface area contributed by atoms with Gasteiger partial charge in [0.1, 0.15) is 18.5 Å². The summed E-state index contributed by atoms with van der Waals surface area (Å²) in [7, 11) is 0. The molecule has 26 heavy (non-hydrogen) atoms. The molecule has 148 valence electrons. The van der Waals surface area contributed by atoms with E-state index in [1.54, 1.807) is 0 Å². The first kappa shape index (κ1) is 22.8. The van der Waals surface area contributed by atoms with Crippen molar-refractivity contribution in [1.29, 1.82) is 0 Å². The van der Waals surface area contributed by atoms with Crippen LogP contribution in [0.15, 0.2) is 29.3 Å². The number of rotatable bonds is 6. The van der Waals surface area contributed by atoms with E-state index >= 15 is 0 Å². The molecule has 9 heteroatoms. The van der Waals surface area contributed by atoms with Gasteiger partial charge in [0.2, 0.25) is 0 Å². The van der Waals surface area contributed by atoms with E-state index in [4.69, 9.17) is 4.74 Å². The summed E-state index contributed by atoms with van der Waals surface area (Å²) in [6, 6.07) is 4.61. The van der Waals surface area contributed by atoms with Gasteiger partial charge in [0.15, 0.2) is 5.96 Å². The zero-order valence-electron chi connectivity index (χ0n) is 14.6. The topological polar surface area (TPSA) is 57.1 Å². The molecule has 1 atom stereocenters. The van der Waals surface area contributed by atoms with Crippen molar-refractivity contribution < 1.29 is 23.0 Å². The van der Waals surface area contributed by atoms with Gasteiger partial charge in [-0.1, -0.05) is 6.07 Å². The minimum atomic E-state index is -4.42. The standard InChI is InChI=1S/C17H24F3N3O2.HI/c1-2-21-16(23-8-3-4-9-23)22-11-14(24)12-25-15-7-5-6-13(10-15)17(18,19)20;/h5-7,10,14,24H,2-4,8-9,11-12H2,1H3,(H,21,22);1H. The third kappa shape index (κ3) is 7.18. The summed E-state index contributed by atoms with van der Waals surface area (Å²) >= 11 is 0. The molecule has 0 bridgehead atoms. The van der Waals surface area contributed by atoms with Gasteiger partial charge in [0, 0.05) is 19.6 Å². The number of halogens is 4. The highest BCUT2D eigenvalue weighted by Gasteiger charge is 2.30. The first-order valence-electron chi connectivity index (χ1n) is 8.41. The Balaban J connectivity index is 0.00000338. The Bertz CT molecular complexity index is 579. The fourth-order valence-electron chi connectivity index (χ4n) is 2.55. The van der Waals surface area contributed by atoms with Crippen LogP contribution in [0.3, 0.4) is 0 Å². The van der Waals surface area contributed by atoms with E-state index in [0.717, 1.165) is 50.6 Å². The van der Waals surface area contributed by atoms with Crippen LogP contribution in [0.1, 0.15) is 25.3 Å². The number of guanidine groups is 1. The van der Waals surface area contributed by atoms with Gasteiger partial charge >= 0.3 is 6.18 Å². The number of nitrogens with one attached hydrogen (secondary N) is 1. The monoisotopic (exact) mass is 487 g/mol. The Morgan fingerprint density at radius 3 is 2.65 bits per heavy atom. The van der Waals surface area contributed by atoms with Crippen LogP contribution in [0, 0.1) is 0 Å². The Labute approximate surface area is 168 Å². The van der Waals surface area contributed by atoms with E-state index in [2.05, 4.69) is 15.2 Å². The molecule has 1 aliphatic heterocycles. The molecular formula is C17H25F3IN3O2. The Morgan fingerprint density at radius 1 is 1.35 bits per heavy atom. The van der Waals surface area contributed by atoms with Gasteiger partial charge in [0.05, 0.1) is 12.1 Å². The van der Waals surface area contributed by atoms with Gasteiger partial charge in [-0.25, -0.2) is 0 Å². The average Bonchev–Trinajstić information content (AvgIpc) is 3.10. The molecule has 1 heterocycles. The van der Waals surface area contributed by atoms with Crippen LogP contribution in [0.2, 0.25) is 0 Å². The largest absolute Gasteiger partial charge is 0.491 e. The summed E-state index contributed by atoms with van der Waals surface area (Å²) in [5.41, 5.74) is -0.777. The second-order valence-corrected chi connectivity index (χ2v) is 5.88. The maximum Gasteiger partial charge on any atom is 0.416 e. The third-order valence-corrected chi connectivity index (χ3v) is 3.80. The zero-order chi connectivity index (χ0) is 18.3. The smallest absolute Gasteiger partial charge is 0.416 e. The number of benzene rings is 1. The second-order valence-electron chi connectivity index (χ2n) is 5.88. The minimum Gasteiger partial charge on any atom is -0.491 e. The van der Waals surface area contributed by atoms with Crippen LogP contribution in [0.5, 0.6) is 5.75 Å². The molecule has 1 fully saturated rings. The summed E-state index contributed by atoms with van der Waals surface area (Å²) in [4.78, 5) is 6.51. The summed E-state index contributed by atoms with van der Waals surface area (Å²) < 4.78 is 43.3. The molecule has 0 saturated carbocycles. The van der Waals surface area contributed by atoms with E-state index in [-0.39, 0.29) is 42.9 Å². The minimum absolute atomic E-state index is 0. The molecule has 0 spiro atoms. The van der Waals surface area contributed by atoms with E-state index in [9.17, 15) is 18.3 Å². The highest BCUT2D eigenvalue weighted by Crippen LogP contribution is 2.31. The van der Waals surface area contributed by atoms with E-state index in [1.807, 2.05) is 6.92 Å².